The van der Waals surface area contributed by atoms with Crippen molar-refractivity contribution in [3.8, 4) is 5.75 Å². The number of phenolic OH excluding ortho intramolecular Hbond substituents is 1. The fourth-order valence-electron chi connectivity index (χ4n) is 1.61. The summed E-state index contributed by atoms with van der Waals surface area (Å²) in [5.41, 5.74) is 4.45. The van der Waals surface area contributed by atoms with Crippen molar-refractivity contribution in [1.82, 2.24) is 10.7 Å². The molecule has 2 aromatic carbocycles. The zero-order chi connectivity index (χ0) is 15.1. The molecule has 108 valence electrons. The predicted octanol–water partition coefficient (Wildman–Crippen LogP) is 3.15. The summed E-state index contributed by atoms with van der Waals surface area (Å²) in [5.74, 6) is 0.159. The summed E-state index contributed by atoms with van der Waals surface area (Å²) in [6.45, 7) is 0.629. The van der Waals surface area contributed by atoms with E-state index in [-0.39, 0.29) is 5.75 Å². The summed E-state index contributed by atoms with van der Waals surface area (Å²) in [6, 6.07) is 15.1. The van der Waals surface area contributed by atoms with E-state index >= 15 is 0 Å². The Hall–Kier alpha value is -1.92. The van der Waals surface area contributed by atoms with Crippen LogP contribution < -0.4 is 10.7 Å². The molecule has 6 heteroatoms. The van der Waals surface area contributed by atoms with Crippen LogP contribution in [0.1, 0.15) is 11.1 Å². The standard InChI is InChI=1S/C15H14BrN3OS/c16-13-6-7-14(20)12(8-13)10-18-19-15(21)17-9-11-4-2-1-3-5-11/h1-8,10,20H,9H2,(H2,17,19,21)/b18-10-. The molecule has 0 fully saturated rings. The van der Waals surface area contributed by atoms with Gasteiger partial charge in [-0.15, -0.1) is 0 Å². The van der Waals surface area contributed by atoms with Crippen molar-refractivity contribution in [3.05, 3.63) is 64.1 Å². The van der Waals surface area contributed by atoms with Crippen LogP contribution in [0.25, 0.3) is 0 Å². The minimum Gasteiger partial charge on any atom is -0.507 e. The molecule has 0 spiro atoms. The average molecular weight is 364 g/mol. The molecule has 0 aromatic heterocycles. The smallest absolute Gasteiger partial charge is 0.187 e. The largest absolute Gasteiger partial charge is 0.507 e. The van der Waals surface area contributed by atoms with Crippen LogP contribution in [0.15, 0.2) is 58.1 Å². The van der Waals surface area contributed by atoms with Gasteiger partial charge in [-0.25, -0.2) is 0 Å². The normalized spacial score (nSPS) is 10.5. The second-order valence-corrected chi connectivity index (χ2v) is 5.57. The van der Waals surface area contributed by atoms with Crippen LogP contribution in [0, 0.1) is 0 Å². The first-order valence-electron chi connectivity index (χ1n) is 6.24. The van der Waals surface area contributed by atoms with Crippen LogP contribution in [0.2, 0.25) is 0 Å². The monoisotopic (exact) mass is 363 g/mol. The van der Waals surface area contributed by atoms with E-state index in [1.165, 1.54) is 6.21 Å². The van der Waals surface area contributed by atoms with Crippen LogP contribution in [-0.2, 0) is 6.54 Å². The first kappa shape index (κ1) is 15.5. The fraction of sp³-hybridized carbons (Fsp3) is 0.0667. The molecule has 2 rings (SSSR count). The van der Waals surface area contributed by atoms with Crippen LogP contribution in [0.4, 0.5) is 0 Å². The van der Waals surface area contributed by atoms with Crippen molar-refractivity contribution in [2.75, 3.05) is 0 Å². The molecule has 4 nitrogen and oxygen atoms in total. The lowest BCUT2D eigenvalue weighted by Gasteiger charge is -2.06. The summed E-state index contributed by atoms with van der Waals surface area (Å²) in [5, 5.41) is 17.1. The zero-order valence-corrected chi connectivity index (χ0v) is 13.5. The van der Waals surface area contributed by atoms with E-state index in [0.29, 0.717) is 17.2 Å². The number of hydrogen-bond acceptors (Lipinski definition) is 3. The third-order valence-corrected chi connectivity index (χ3v) is 3.38. The predicted molar refractivity (Wildman–Crippen MR) is 92.4 cm³/mol. The number of phenols is 1. The number of aromatic hydroxyl groups is 1. The van der Waals surface area contributed by atoms with Crippen molar-refractivity contribution in [2.45, 2.75) is 6.54 Å². The number of hydrogen-bond donors (Lipinski definition) is 3. The highest BCUT2D eigenvalue weighted by Crippen LogP contribution is 2.19. The first-order chi connectivity index (χ1) is 10.1. The lowest BCUT2D eigenvalue weighted by molar-refractivity contribution is 0.474. The fourth-order valence-corrected chi connectivity index (χ4v) is 2.11. The Morgan fingerprint density at radius 2 is 2.00 bits per heavy atom. The maximum absolute atomic E-state index is 9.66. The summed E-state index contributed by atoms with van der Waals surface area (Å²) in [6.07, 6.45) is 1.51. The van der Waals surface area contributed by atoms with Crippen molar-refractivity contribution in [3.63, 3.8) is 0 Å². The number of nitrogens with zero attached hydrogens (tertiary/aromatic N) is 1. The second kappa shape index (κ2) is 7.75. The number of benzene rings is 2. The van der Waals surface area contributed by atoms with E-state index in [0.717, 1.165) is 10.0 Å². The van der Waals surface area contributed by atoms with Gasteiger partial charge in [-0.05, 0) is 36.0 Å². The molecule has 0 amide bonds. The van der Waals surface area contributed by atoms with Crippen LogP contribution in [-0.4, -0.2) is 16.4 Å². The summed E-state index contributed by atoms with van der Waals surface area (Å²) in [7, 11) is 0. The van der Waals surface area contributed by atoms with Gasteiger partial charge in [0.2, 0.25) is 0 Å². The Bertz CT molecular complexity index is 647. The highest BCUT2D eigenvalue weighted by Gasteiger charge is 1.99. The lowest BCUT2D eigenvalue weighted by atomic mass is 10.2. The molecule has 0 heterocycles. The van der Waals surface area contributed by atoms with Gasteiger partial charge in [0.1, 0.15) is 5.75 Å². The van der Waals surface area contributed by atoms with Crippen LogP contribution >= 0.6 is 28.1 Å². The third kappa shape index (κ3) is 5.17. The van der Waals surface area contributed by atoms with E-state index in [9.17, 15) is 5.11 Å². The van der Waals surface area contributed by atoms with Gasteiger partial charge in [0, 0.05) is 16.6 Å². The molecule has 3 N–H and O–H groups in total. The maximum atomic E-state index is 9.66. The Morgan fingerprint density at radius 1 is 1.24 bits per heavy atom. The molecule has 0 atom stereocenters. The Labute approximate surface area is 137 Å². The van der Waals surface area contributed by atoms with Crippen LogP contribution in [0.3, 0.4) is 0 Å². The molecule has 0 aliphatic carbocycles. The van der Waals surface area contributed by atoms with E-state index in [2.05, 4.69) is 31.8 Å². The highest BCUT2D eigenvalue weighted by molar-refractivity contribution is 9.10. The third-order valence-electron chi connectivity index (χ3n) is 2.66. The van der Waals surface area contributed by atoms with Gasteiger partial charge in [-0.1, -0.05) is 46.3 Å². The molecule has 0 unspecified atom stereocenters. The van der Waals surface area contributed by atoms with Gasteiger partial charge in [0.15, 0.2) is 5.11 Å². The molecular formula is C15H14BrN3OS. The first-order valence-corrected chi connectivity index (χ1v) is 7.44. The van der Waals surface area contributed by atoms with Crippen molar-refractivity contribution >= 4 is 39.5 Å². The quantitative estimate of drug-likeness (QED) is 0.443. The van der Waals surface area contributed by atoms with E-state index < -0.39 is 0 Å². The Balaban J connectivity index is 1.83. The van der Waals surface area contributed by atoms with E-state index in [1.54, 1.807) is 18.2 Å². The van der Waals surface area contributed by atoms with E-state index in [1.807, 2.05) is 30.3 Å². The summed E-state index contributed by atoms with van der Waals surface area (Å²) >= 11 is 8.46. The van der Waals surface area contributed by atoms with Crippen molar-refractivity contribution in [1.29, 1.82) is 0 Å². The maximum Gasteiger partial charge on any atom is 0.187 e. The minimum absolute atomic E-state index is 0.159. The highest BCUT2D eigenvalue weighted by atomic mass is 79.9. The van der Waals surface area contributed by atoms with Gasteiger partial charge in [-0.2, -0.15) is 5.10 Å². The molecule has 2 aromatic rings. The van der Waals surface area contributed by atoms with E-state index in [4.69, 9.17) is 12.2 Å². The SMILES string of the molecule is Oc1ccc(Br)cc1/C=N\NC(=S)NCc1ccccc1. The number of rotatable bonds is 4. The molecule has 21 heavy (non-hydrogen) atoms. The molecule has 0 saturated heterocycles. The molecule has 0 aliphatic heterocycles. The molecular weight excluding hydrogens is 350 g/mol. The lowest BCUT2D eigenvalue weighted by Crippen LogP contribution is -2.31. The molecule has 0 aliphatic rings. The molecule has 0 radical (unpaired) electrons. The Morgan fingerprint density at radius 3 is 2.76 bits per heavy atom. The van der Waals surface area contributed by atoms with Gasteiger partial charge in [0.25, 0.3) is 0 Å². The van der Waals surface area contributed by atoms with Crippen molar-refractivity contribution in [2.24, 2.45) is 5.10 Å². The van der Waals surface area contributed by atoms with Crippen LogP contribution in [0.5, 0.6) is 5.75 Å². The number of hydrazone groups is 1. The molecule has 0 bridgehead atoms. The molecule has 0 saturated carbocycles. The van der Waals surface area contributed by atoms with Gasteiger partial charge in [-0.3, -0.25) is 5.43 Å². The Kier molecular flexibility index (Phi) is 5.71. The topological polar surface area (TPSA) is 56.7 Å². The minimum atomic E-state index is 0.159. The van der Waals surface area contributed by atoms with Gasteiger partial charge in [0.05, 0.1) is 6.21 Å². The van der Waals surface area contributed by atoms with Gasteiger partial charge >= 0.3 is 0 Å². The summed E-state index contributed by atoms with van der Waals surface area (Å²) in [4.78, 5) is 0. The number of nitrogens with one attached hydrogen (secondary N) is 2. The summed E-state index contributed by atoms with van der Waals surface area (Å²) < 4.78 is 0.867. The number of halogens is 1. The zero-order valence-electron chi connectivity index (χ0n) is 11.1. The number of thiocarbonyl (C=S) groups is 1. The average Bonchev–Trinajstić information content (AvgIpc) is 2.50. The van der Waals surface area contributed by atoms with Gasteiger partial charge < -0.3 is 10.4 Å². The second-order valence-electron chi connectivity index (χ2n) is 4.24. The van der Waals surface area contributed by atoms with Crippen molar-refractivity contribution < 1.29 is 5.11 Å².